The van der Waals surface area contributed by atoms with E-state index in [1.165, 1.54) is 0 Å². The maximum absolute atomic E-state index is 13.3. The zero-order valence-electron chi connectivity index (χ0n) is 24.3. The number of carbonyl (C=O) groups excluding carboxylic acids is 2. The maximum Gasteiger partial charge on any atom is 0.407 e. The lowest BCUT2D eigenvalue weighted by atomic mass is 9.98. The third kappa shape index (κ3) is 7.96. The lowest BCUT2D eigenvalue weighted by Crippen LogP contribution is -2.57. The van der Waals surface area contributed by atoms with Gasteiger partial charge in [-0.1, -0.05) is 78.9 Å². The zero-order chi connectivity index (χ0) is 30.3. The standard InChI is InChI=1S/C33H38N2O7/c1-21(40-18-22-12-6-5-7-13-22)29(31(37)38)35-30(36)28(20-42-33(2,3)4)34-32(39)41-19-27-25-16-10-8-14-23(25)24-15-9-11-17-26(24)27/h5-17,21,27-29H,18-20H2,1-4H3,(H,34,39)(H,35,36)(H,37,38)/t21?,28-,29?/m0/s1. The van der Waals surface area contributed by atoms with Gasteiger partial charge in [0.15, 0.2) is 6.04 Å². The molecule has 42 heavy (non-hydrogen) atoms. The molecule has 4 rings (SSSR count). The highest BCUT2D eigenvalue weighted by molar-refractivity contribution is 5.89. The molecule has 0 fully saturated rings. The highest BCUT2D eigenvalue weighted by Crippen LogP contribution is 2.44. The van der Waals surface area contributed by atoms with Gasteiger partial charge < -0.3 is 30.0 Å². The van der Waals surface area contributed by atoms with Crippen LogP contribution in [0.15, 0.2) is 78.9 Å². The van der Waals surface area contributed by atoms with Crippen molar-refractivity contribution < 1.29 is 33.7 Å². The molecule has 2 unspecified atom stereocenters. The molecular weight excluding hydrogens is 536 g/mol. The average molecular weight is 575 g/mol. The number of ether oxygens (including phenoxy) is 3. The summed E-state index contributed by atoms with van der Waals surface area (Å²) in [5.74, 6) is -2.14. The molecule has 3 atom stereocenters. The Kier molecular flexibility index (Phi) is 9.98. The van der Waals surface area contributed by atoms with E-state index < -0.39 is 41.8 Å². The summed E-state index contributed by atoms with van der Waals surface area (Å²) in [5.41, 5.74) is 4.58. The summed E-state index contributed by atoms with van der Waals surface area (Å²) in [6.45, 7) is 7.07. The molecule has 222 valence electrons. The molecule has 1 aliphatic rings. The van der Waals surface area contributed by atoms with Crippen LogP contribution in [-0.4, -0.2) is 60.1 Å². The Morgan fingerprint density at radius 1 is 0.857 bits per heavy atom. The lowest BCUT2D eigenvalue weighted by Gasteiger charge is -2.27. The van der Waals surface area contributed by atoms with Crippen molar-refractivity contribution in [2.75, 3.05) is 13.2 Å². The Hall–Kier alpha value is -4.21. The predicted octanol–water partition coefficient (Wildman–Crippen LogP) is 4.88. The minimum absolute atomic E-state index is 0.0659. The third-order valence-electron chi connectivity index (χ3n) is 7.02. The van der Waals surface area contributed by atoms with Gasteiger partial charge in [0.25, 0.3) is 0 Å². The minimum Gasteiger partial charge on any atom is -0.480 e. The zero-order valence-corrected chi connectivity index (χ0v) is 24.3. The number of alkyl carbamates (subject to hydrolysis) is 1. The first-order valence-corrected chi connectivity index (χ1v) is 14.0. The molecule has 0 saturated heterocycles. The molecule has 1 aliphatic carbocycles. The molecule has 9 heteroatoms. The second-order valence-electron chi connectivity index (χ2n) is 11.3. The van der Waals surface area contributed by atoms with E-state index in [0.29, 0.717) is 0 Å². The number of rotatable bonds is 12. The summed E-state index contributed by atoms with van der Waals surface area (Å²) in [4.78, 5) is 38.3. The highest BCUT2D eigenvalue weighted by atomic mass is 16.6. The van der Waals surface area contributed by atoms with Crippen molar-refractivity contribution in [3.05, 3.63) is 95.6 Å². The first kappa shape index (κ1) is 30.7. The summed E-state index contributed by atoms with van der Waals surface area (Å²) in [6.07, 6.45) is -1.67. The molecule has 9 nitrogen and oxygen atoms in total. The molecule has 0 aliphatic heterocycles. The molecule has 0 bridgehead atoms. The van der Waals surface area contributed by atoms with Gasteiger partial charge in [-0.3, -0.25) is 4.79 Å². The van der Waals surface area contributed by atoms with Crippen LogP contribution in [0.25, 0.3) is 11.1 Å². The average Bonchev–Trinajstić information content (AvgIpc) is 3.29. The van der Waals surface area contributed by atoms with E-state index in [-0.39, 0.29) is 25.7 Å². The number of carboxylic acids is 1. The van der Waals surface area contributed by atoms with E-state index in [0.717, 1.165) is 27.8 Å². The van der Waals surface area contributed by atoms with Gasteiger partial charge in [-0.2, -0.15) is 0 Å². The first-order chi connectivity index (χ1) is 20.0. The van der Waals surface area contributed by atoms with Crippen LogP contribution in [0.2, 0.25) is 0 Å². The molecule has 2 amide bonds. The van der Waals surface area contributed by atoms with E-state index in [2.05, 4.69) is 10.6 Å². The molecule has 0 saturated carbocycles. The van der Waals surface area contributed by atoms with Crippen molar-refractivity contribution in [3.63, 3.8) is 0 Å². The van der Waals surface area contributed by atoms with E-state index in [1.54, 1.807) is 6.92 Å². The van der Waals surface area contributed by atoms with E-state index >= 15 is 0 Å². The number of benzene rings is 3. The van der Waals surface area contributed by atoms with Crippen molar-refractivity contribution in [1.29, 1.82) is 0 Å². The SMILES string of the molecule is CC(OCc1ccccc1)C(NC(=O)[C@H](COC(C)(C)C)NC(=O)OCC1c2ccccc2-c2ccccc21)C(=O)O. The van der Waals surface area contributed by atoms with Crippen LogP contribution in [0, 0.1) is 0 Å². The van der Waals surface area contributed by atoms with Gasteiger partial charge in [0.1, 0.15) is 12.6 Å². The summed E-state index contributed by atoms with van der Waals surface area (Å²) >= 11 is 0. The van der Waals surface area contributed by atoms with Crippen LogP contribution >= 0.6 is 0 Å². The van der Waals surface area contributed by atoms with Crippen molar-refractivity contribution >= 4 is 18.0 Å². The van der Waals surface area contributed by atoms with Gasteiger partial charge in [0.05, 0.1) is 24.9 Å². The van der Waals surface area contributed by atoms with Crippen molar-refractivity contribution in [2.24, 2.45) is 0 Å². The van der Waals surface area contributed by atoms with Crippen LogP contribution in [0.5, 0.6) is 0 Å². The number of hydrogen-bond donors (Lipinski definition) is 3. The van der Waals surface area contributed by atoms with Gasteiger partial charge in [0.2, 0.25) is 5.91 Å². The number of amides is 2. The largest absolute Gasteiger partial charge is 0.480 e. The normalized spacial score (nSPS) is 14.7. The predicted molar refractivity (Wildman–Crippen MR) is 158 cm³/mol. The molecule has 0 aromatic heterocycles. The fraction of sp³-hybridized carbons (Fsp3) is 0.364. The van der Waals surface area contributed by atoms with Gasteiger partial charge >= 0.3 is 12.1 Å². The number of carboxylic acid groups (broad SMARTS) is 1. The van der Waals surface area contributed by atoms with Crippen molar-refractivity contribution in [2.45, 2.75) is 64.0 Å². The lowest BCUT2D eigenvalue weighted by molar-refractivity contribution is -0.147. The van der Waals surface area contributed by atoms with Crippen molar-refractivity contribution in [3.8, 4) is 11.1 Å². The molecule has 3 N–H and O–H groups in total. The molecule has 0 heterocycles. The Morgan fingerprint density at radius 2 is 1.43 bits per heavy atom. The quantitative estimate of drug-likeness (QED) is 0.282. The van der Waals surface area contributed by atoms with E-state index in [1.807, 2.05) is 99.6 Å². The smallest absolute Gasteiger partial charge is 0.407 e. The number of hydrogen-bond acceptors (Lipinski definition) is 6. The van der Waals surface area contributed by atoms with Gasteiger partial charge in [-0.15, -0.1) is 0 Å². The van der Waals surface area contributed by atoms with E-state index in [9.17, 15) is 19.5 Å². The van der Waals surface area contributed by atoms with Crippen LogP contribution in [-0.2, 0) is 30.4 Å². The molecular formula is C33H38N2O7. The first-order valence-electron chi connectivity index (χ1n) is 14.0. The second-order valence-corrected chi connectivity index (χ2v) is 11.3. The van der Waals surface area contributed by atoms with Crippen LogP contribution in [0.4, 0.5) is 4.79 Å². The Morgan fingerprint density at radius 3 is 2.00 bits per heavy atom. The van der Waals surface area contributed by atoms with Gasteiger partial charge in [-0.05, 0) is 55.5 Å². The third-order valence-corrected chi connectivity index (χ3v) is 7.02. The Bertz CT molecular complexity index is 1340. The fourth-order valence-corrected chi connectivity index (χ4v) is 4.83. The second kappa shape index (κ2) is 13.6. The van der Waals surface area contributed by atoms with Crippen LogP contribution in [0.1, 0.15) is 50.3 Å². The maximum atomic E-state index is 13.3. The number of aliphatic carboxylic acids is 1. The Labute approximate surface area is 246 Å². The van der Waals surface area contributed by atoms with Crippen molar-refractivity contribution in [1.82, 2.24) is 10.6 Å². The number of nitrogens with one attached hydrogen (secondary N) is 2. The number of carbonyl (C=O) groups is 3. The molecule has 0 radical (unpaired) electrons. The van der Waals surface area contributed by atoms with Crippen LogP contribution < -0.4 is 10.6 Å². The van der Waals surface area contributed by atoms with Gasteiger partial charge in [-0.25, -0.2) is 9.59 Å². The molecule has 3 aromatic rings. The summed E-state index contributed by atoms with van der Waals surface area (Å²) in [5, 5.41) is 14.9. The van der Waals surface area contributed by atoms with E-state index in [4.69, 9.17) is 14.2 Å². The summed E-state index contributed by atoms with van der Waals surface area (Å²) in [7, 11) is 0. The topological polar surface area (TPSA) is 123 Å². The fourth-order valence-electron chi connectivity index (χ4n) is 4.83. The monoisotopic (exact) mass is 574 g/mol. The minimum atomic E-state index is -1.36. The van der Waals surface area contributed by atoms with Gasteiger partial charge in [0, 0.05) is 5.92 Å². The summed E-state index contributed by atoms with van der Waals surface area (Å²) < 4.78 is 17.1. The molecule has 0 spiro atoms. The van der Waals surface area contributed by atoms with Crippen LogP contribution in [0.3, 0.4) is 0 Å². The number of fused-ring (bicyclic) bond motifs is 3. The summed E-state index contributed by atoms with van der Waals surface area (Å²) in [6, 6.07) is 22.7. The highest BCUT2D eigenvalue weighted by Gasteiger charge is 2.33. The Balaban J connectivity index is 1.41. The molecule has 3 aromatic carbocycles.